The first-order valence-electron chi connectivity index (χ1n) is 8.72. The van der Waals surface area contributed by atoms with Crippen molar-refractivity contribution in [3.8, 4) is 0 Å². The molecule has 3 unspecified atom stereocenters. The van der Waals surface area contributed by atoms with E-state index in [4.69, 9.17) is 0 Å². The summed E-state index contributed by atoms with van der Waals surface area (Å²) in [6.45, 7) is 5.03. The van der Waals surface area contributed by atoms with E-state index in [0.717, 1.165) is 30.6 Å². The van der Waals surface area contributed by atoms with Gasteiger partial charge in [-0.1, -0.05) is 26.0 Å². The van der Waals surface area contributed by atoms with Crippen molar-refractivity contribution in [1.29, 1.82) is 0 Å². The van der Waals surface area contributed by atoms with Crippen LogP contribution in [0.15, 0.2) is 12.2 Å². The first-order valence-corrected chi connectivity index (χ1v) is 8.72. The second-order valence-electron chi connectivity index (χ2n) is 8.58. The van der Waals surface area contributed by atoms with Gasteiger partial charge in [-0.05, 0) is 73.0 Å². The molecule has 0 radical (unpaired) electrons. The Hall–Kier alpha value is -0.590. The quantitative estimate of drug-likeness (QED) is 0.581. The van der Waals surface area contributed by atoms with Gasteiger partial charge < -0.3 is 0 Å². The molecule has 4 aliphatic rings. The smallest absolute Gasteiger partial charge is 0.133 e. The number of allylic oxidation sites excluding steroid dienone is 2. The van der Waals surface area contributed by atoms with Crippen molar-refractivity contribution in [2.24, 2.45) is 34.5 Å². The molecule has 0 spiro atoms. The third-order valence-corrected chi connectivity index (χ3v) is 7.81. The highest BCUT2D eigenvalue weighted by molar-refractivity contribution is 5.79. The lowest BCUT2D eigenvalue weighted by Crippen LogP contribution is -2.52. The summed E-state index contributed by atoms with van der Waals surface area (Å²) in [4.78, 5) is 11.8. The molecule has 1 heteroatoms. The van der Waals surface area contributed by atoms with Gasteiger partial charge in [0.1, 0.15) is 5.78 Å². The van der Waals surface area contributed by atoms with Crippen molar-refractivity contribution in [3.05, 3.63) is 12.2 Å². The van der Waals surface area contributed by atoms with Gasteiger partial charge >= 0.3 is 0 Å². The third kappa shape index (κ3) is 1.64. The summed E-state index contributed by atoms with van der Waals surface area (Å²) in [6.07, 6.45) is 14.7. The number of Topliss-reactive ketones (excluding diaryl/α,β-unsaturated/α-hetero) is 1. The van der Waals surface area contributed by atoms with Crippen molar-refractivity contribution in [2.45, 2.75) is 65.2 Å². The molecule has 110 valence electrons. The van der Waals surface area contributed by atoms with E-state index in [9.17, 15) is 4.79 Å². The van der Waals surface area contributed by atoms with E-state index in [1.165, 1.54) is 38.5 Å². The Morgan fingerprint density at radius 2 is 1.95 bits per heavy atom. The van der Waals surface area contributed by atoms with Crippen LogP contribution in [-0.2, 0) is 4.79 Å². The summed E-state index contributed by atoms with van der Waals surface area (Å²) in [7, 11) is 0. The maximum atomic E-state index is 11.8. The molecule has 0 heterocycles. The highest BCUT2D eigenvalue weighted by Crippen LogP contribution is 2.64. The normalized spacial score (nSPS) is 54.2. The molecule has 20 heavy (non-hydrogen) atoms. The second kappa shape index (κ2) is 4.21. The fourth-order valence-corrected chi connectivity index (χ4v) is 6.53. The van der Waals surface area contributed by atoms with E-state index in [1.807, 2.05) is 0 Å². The third-order valence-electron chi connectivity index (χ3n) is 7.81. The molecule has 0 aromatic carbocycles. The summed E-state index contributed by atoms with van der Waals surface area (Å²) in [5.41, 5.74) is 0.968. The van der Waals surface area contributed by atoms with Crippen molar-refractivity contribution in [2.75, 3.05) is 0 Å². The zero-order valence-electron chi connectivity index (χ0n) is 13.0. The predicted molar refractivity (Wildman–Crippen MR) is 81.3 cm³/mol. The van der Waals surface area contributed by atoms with Crippen LogP contribution in [0, 0.1) is 34.5 Å². The van der Waals surface area contributed by atoms with E-state index in [0.29, 0.717) is 22.5 Å². The van der Waals surface area contributed by atoms with Gasteiger partial charge in [0.05, 0.1) is 0 Å². The largest absolute Gasteiger partial charge is 0.300 e. The minimum atomic E-state index is 0.473. The van der Waals surface area contributed by atoms with Crippen molar-refractivity contribution in [1.82, 2.24) is 0 Å². The Morgan fingerprint density at radius 3 is 2.80 bits per heavy atom. The van der Waals surface area contributed by atoms with Crippen LogP contribution in [0.3, 0.4) is 0 Å². The number of carbonyl (C=O) groups is 1. The molecule has 3 saturated carbocycles. The van der Waals surface area contributed by atoms with Gasteiger partial charge in [0, 0.05) is 12.8 Å². The Balaban J connectivity index is 1.64. The van der Waals surface area contributed by atoms with Crippen molar-refractivity contribution < 1.29 is 4.79 Å². The lowest BCUT2D eigenvalue weighted by atomic mass is 9.45. The molecule has 3 fully saturated rings. The number of rotatable bonds is 0. The lowest BCUT2D eigenvalue weighted by molar-refractivity contribution is -0.136. The molecule has 0 aromatic heterocycles. The van der Waals surface area contributed by atoms with Crippen LogP contribution in [0.25, 0.3) is 0 Å². The molecule has 1 nitrogen and oxygen atoms in total. The van der Waals surface area contributed by atoms with Gasteiger partial charge in [0.15, 0.2) is 0 Å². The van der Waals surface area contributed by atoms with Crippen molar-refractivity contribution in [3.63, 3.8) is 0 Å². The maximum Gasteiger partial charge on any atom is 0.133 e. The first-order chi connectivity index (χ1) is 9.53. The SMILES string of the molecule is C[C@]12CCC(=O)CC1CC[C@H]1C2CC[C@]2(C)C=CCC12. The van der Waals surface area contributed by atoms with Crippen LogP contribution < -0.4 is 0 Å². The Bertz CT molecular complexity index is 464. The highest BCUT2D eigenvalue weighted by atomic mass is 16.1. The molecule has 0 aromatic rings. The molecule has 0 bridgehead atoms. The standard InChI is InChI=1S/C19H28O/c1-18-9-3-4-16(18)15-6-5-13-12-14(20)7-11-19(13,2)17(15)8-10-18/h3,9,13,15-17H,4-8,10-12H2,1-2H3/t13?,15-,16?,17?,18+,19+/m1/s1. The van der Waals surface area contributed by atoms with E-state index < -0.39 is 0 Å². The highest BCUT2D eigenvalue weighted by Gasteiger charge is 2.56. The molecule has 0 aliphatic heterocycles. The number of fused-ring (bicyclic) bond motifs is 5. The predicted octanol–water partition coefficient (Wildman–Crippen LogP) is 4.76. The molecule has 4 aliphatic carbocycles. The summed E-state index contributed by atoms with van der Waals surface area (Å²) in [5, 5.41) is 0. The fourth-order valence-electron chi connectivity index (χ4n) is 6.53. The maximum absolute atomic E-state index is 11.8. The topological polar surface area (TPSA) is 17.1 Å². The second-order valence-corrected chi connectivity index (χ2v) is 8.58. The number of carbonyl (C=O) groups excluding carboxylic acids is 1. The molecule has 4 rings (SSSR count). The number of hydrogen-bond donors (Lipinski definition) is 0. The average molecular weight is 272 g/mol. The monoisotopic (exact) mass is 272 g/mol. The summed E-state index contributed by atoms with van der Waals surface area (Å²) in [6, 6.07) is 0. The van der Waals surface area contributed by atoms with Gasteiger partial charge in [-0.2, -0.15) is 0 Å². The molecular weight excluding hydrogens is 244 g/mol. The van der Waals surface area contributed by atoms with Crippen LogP contribution in [0.4, 0.5) is 0 Å². The van der Waals surface area contributed by atoms with Crippen LogP contribution >= 0.6 is 0 Å². The van der Waals surface area contributed by atoms with Gasteiger partial charge in [0.2, 0.25) is 0 Å². The summed E-state index contributed by atoms with van der Waals surface area (Å²) in [5.74, 6) is 3.96. The Kier molecular flexibility index (Phi) is 2.76. The van der Waals surface area contributed by atoms with E-state index in [-0.39, 0.29) is 0 Å². The lowest BCUT2D eigenvalue weighted by Gasteiger charge is -2.59. The van der Waals surface area contributed by atoms with Crippen LogP contribution in [0.2, 0.25) is 0 Å². The van der Waals surface area contributed by atoms with Gasteiger partial charge in [-0.15, -0.1) is 0 Å². The number of hydrogen-bond acceptors (Lipinski definition) is 1. The van der Waals surface area contributed by atoms with Crippen LogP contribution in [0.5, 0.6) is 0 Å². The minimum Gasteiger partial charge on any atom is -0.300 e. The summed E-state index contributed by atoms with van der Waals surface area (Å²) < 4.78 is 0. The van der Waals surface area contributed by atoms with E-state index >= 15 is 0 Å². The summed E-state index contributed by atoms with van der Waals surface area (Å²) >= 11 is 0. The number of ketones is 1. The van der Waals surface area contributed by atoms with Crippen LogP contribution in [-0.4, -0.2) is 5.78 Å². The zero-order chi connectivity index (χ0) is 14.0. The van der Waals surface area contributed by atoms with Crippen LogP contribution in [0.1, 0.15) is 65.2 Å². The molecule has 6 atom stereocenters. The molecule has 0 amide bonds. The first kappa shape index (κ1) is 13.1. The zero-order valence-corrected chi connectivity index (χ0v) is 13.0. The molecule has 0 saturated heterocycles. The minimum absolute atomic E-state index is 0.473. The fraction of sp³-hybridized carbons (Fsp3) is 0.842. The molecular formula is C19H28O. The molecule has 0 N–H and O–H groups in total. The average Bonchev–Trinajstić information content (AvgIpc) is 2.81. The Labute approximate surface area is 123 Å². The van der Waals surface area contributed by atoms with E-state index in [2.05, 4.69) is 26.0 Å². The van der Waals surface area contributed by atoms with Gasteiger partial charge in [-0.25, -0.2) is 0 Å². The van der Waals surface area contributed by atoms with Crippen molar-refractivity contribution >= 4 is 5.78 Å². The van der Waals surface area contributed by atoms with Gasteiger partial charge in [0.25, 0.3) is 0 Å². The van der Waals surface area contributed by atoms with E-state index in [1.54, 1.807) is 0 Å². The Morgan fingerprint density at radius 1 is 1.10 bits per heavy atom. The van der Waals surface area contributed by atoms with Gasteiger partial charge in [-0.3, -0.25) is 4.79 Å².